The smallest absolute Gasteiger partial charge is 0.254 e. The van der Waals surface area contributed by atoms with Crippen LogP contribution in [0.1, 0.15) is 15.9 Å². The van der Waals surface area contributed by atoms with Crippen molar-refractivity contribution in [2.45, 2.75) is 0 Å². The van der Waals surface area contributed by atoms with Crippen molar-refractivity contribution in [1.82, 2.24) is 14.9 Å². The highest BCUT2D eigenvalue weighted by Crippen LogP contribution is 2.11. The summed E-state index contributed by atoms with van der Waals surface area (Å²) < 4.78 is 1.56. The number of hydrogen-bond donors (Lipinski definition) is 1. The fourth-order valence-electron chi connectivity index (χ4n) is 1.36. The second kappa shape index (κ2) is 3.42. The lowest BCUT2D eigenvalue weighted by atomic mass is 10.2. The van der Waals surface area contributed by atoms with Gasteiger partial charge in [-0.25, -0.2) is 4.52 Å². The Morgan fingerprint density at radius 3 is 3.13 bits per heavy atom. The van der Waals surface area contributed by atoms with Crippen molar-refractivity contribution in [3.05, 3.63) is 35.7 Å². The number of hydrogen-bond acceptors (Lipinski definition) is 3. The second-order valence-corrected chi connectivity index (χ2v) is 2.99. The number of carbonyl (C=O) groups excluding carboxylic acids is 1. The molecule has 1 N–H and O–H groups in total. The van der Waals surface area contributed by atoms with Crippen LogP contribution in [0, 0.1) is 11.3 Å². The predicted molar refractivity (Wildman–Crippen MR) is 53.3 cm³/mol. The molecule has 0 saturated heterocycles. The minimum atomic E-state index is -0.208. The third kappa shape index (κ3) is 1.42. The minimum absolute atomic E-state index is 0.208. The fourth-order valence-corrected chi connectivity index (χ4v) is 1.36. The van der Waals surface area contributed by atoms with Crippen LogP contribution >= 0.6 is 0 Å². The predicted octanol–water partition coefficient (Wildman–Crippen LogP) is 0.566. The highest BCUT2D eigenvalue weighted by molar-refractivity contribution is 6.00. The maximum Gasteiger partial charge on any atom is 0.254 e. The van der Waals surface area contributed by atoms with Gasteiger partial charge >= 0.3 is 0 Å². The van der Waals surface area contributed by atoms with E-state index in [0.717, 1.165) is 0 Å². The quantitative estimate of drug-likeness (QED) is 0.731. The summed E-state index contributed by atoms with van der Waals surface area (Å²) >= 11 is 0. The molecule has 0 fully saturated rings. The highest BCUT2D eigenvalue weighted by Gasteiger charge is 2.10. The molecule has 0 spiro atoms. The van der Waals surface area contributed by atoms with Crippen molar-refractivity contribution in [3.63, 3.8) is 0 Å². The zero-order valence-corrected chi connectivity index (χ0v) is 8.06. The van der Waals surface area contributed by atoms with E-state index in [1.54, 1.807) is 29.9 Å². The van der Waals surface area contributed by atoms with E-state index >= 15 is 0 Å². The van der Waals surface area contributed by atoms with Crippen molar-refractivity contribution >= 4 is 11.4 Å². The van der Waals surface area contributed by atoms with Gasteiger partial charge in [0.05, 0.1) is 28.9 Å². The molecule has 2 aromatic rings. The zero-order chi connectivity index (χ0) is 10.8. The molecule has 74 valence electrons. The first-order chi connectivity index (χ1) is 7.26. The number of pyridine rings is 1. The monoisotopic (exact) mass is 200 g/mol. The van der Waals surface area contributed by atoms with Crippen LogP contribution in [0.2, 0.25) is 0 Å². The molecule has 0 radical (unpaired) electrons. The summed E-state index contributed by atoms with van der Waals surface area (Å²) in [4.78, 5) is 11.4. The van der Waals surface area contributed by atoms with E-state index in [0.29, 0.717) is 16.6 Å². The molecular weight excluding hydrogens is 192 g/mol. The van der Waals surface area contributed by atoms with Gasteiger partial charge in [-0.15, -0.1) is 0 Å². The van der Waals surface area contributed by atoms with Gasteiger partial charge in [-0.05, 0) is 12.1 Å². The molecule has 0 aliphatic rings. The molecule has 0 aliphatic carbocycles. The molecule has 0 atom stereocenters. The van der Waals surface area contributed by atoms with Gasteiger partial charge in [-0.1, -0.05) is 0 Å². The van der Waals surface area contributed by atoms with E-state index in [2.05, 4.69) is 10.4 Å². The molecule has 0 bridgehead atoms. The summed E-state index contributed by atoms with van der Waals surface area (Å²) in [5.74, 6) is -0.208. The van der Waals surface area contributed by atoms with Gasteiger partial charge < -0.3 is 5.32 Å². The molecule has 5 heteroatoms. The third-order valence-corrected chi connectivity index (χ3v) is 2.12. The number of rotatable bonds is 1. The third-order valence-electron chi connectivity index (χ3n) is 2.12. The molecule has 0 aliphatic heterocycles. The largest absolute Gasteiger partial charge is 0.355 e. The maximum absolute atomic E-state index is 11.4. The van der Waals surface area contributed by atoms with E-state index < -0.39 is 0 Å². The Kier molecular flexibility index (Phi) is 2.10. The summed E-state index contributed by atoms with van der Waals surface area (Å²) in [6, 6.07) is 5.30. The fraction of sp³-hybridized carbons (Fsp3) is 0.100. The Morgan fingerprint density at radius 2 is 2.47 bits per heavy atom. The Hall–Kier alpha value is -2.35. The Morgan fingerprint density at radius 1 is 1.67 bits per heavy atom. The maximum atomic E-state index is 11.4. The first-order valence-corrected chi connectivity index (χ1v) is 4.36. The molecular formula is C10H8N4O. The van der Waals surface area contributed by atoms with Crippen LogP contribution in [-0.2, 0) is 0 Å². The van der Waals surface area contributed by atoms with Gasteiger partial charge in [0.1, 0.15) is 0 Å². The summed E-state index contributed by atoms with van der Waals surface area (Å²) in [6.07, 6.45) is 3.13. The molecule has 0 aromatic carbocycles. The van der Waals surface area contributed by atoms with Crippen LogP contribution in [0.15, 0.2) is 24.5 Å². The molecule has 2 rings (SSSR count). The Balaban J connectivity index is 2.67. The summed E-state index contributed by atoms with van der Waals surface area (Å²) in [5.41, 5.74) is 1.61. The lowest BCUT2D eigenvalue weighted by Crippen LogP contribution is -2.17. The van der Waals surface area contributed by atoms with Gasteiger partial charge in [0.2, 0.25) is 0 Å². The number of amides is 1. The van der Waals surface area contributed by atoms with Crippen molar-refractivity contribution in [2.24, 2.45) is 0 Å². The van der Waals surface area contributed by atoms with Gasteiger partial charge in [-0.2, -0.15) is 10.4 Å². The van der Waals surface area contributed by atoms with Gasteiger partial charge in [0.25, 0.3) is 5.91 Å². The van der Waals surface area contributed by atoms with Crippen LogP contribution in [-0.4, -0.2) is 22.6 Å². The van der Waals surface area contributed by atoms with Crippen LogP contribution < -0.4 is 5.32 Å². The van der Waals surface area contributed by atoms with Crippen LogP contribution in [0.4, 0.5) is 0 Å². The van der Waals surface area contributed by atoms with Crippen LogP contribution in [0.5, 0.6) is 0 Å². The second-order valence-electron chi connectivity index (χ2n) is 2.99. The van der Waals surface area contributed by atoms with Crippen molar-refractivity contribution in [1.29, 1.82) is 5.26 Å². The number of nitriles is 1. The number of fused-ring (bicyclic) bond motifs is 1. The van der Waals surface area contributed by atoms with Gasteiger partial charge in [0, 0.05) is 13.2 Å². The average molecular weight is 200 g/mol. The lowest BCUT2D eigenvalue weighted by molar-refractivity contribution is 0.0964. The lowest BCUT2D eigenvalue weighted by Gasteiger charge is -1.97. The van der Waals surface area contributed by atoms with Gasteiger partial charge in [0.15, 0.2) is 0 Å². The first-order valence-electron chi connectivity index (χ1n) is 4.36. The van der Waals surface area contributed by atoms with Crippen molar-refractivity contribution in [3.8, 4) is 6.07 Å². The summed E-state index contributed by atoms with van der Waals surface area (Å²) in [5, 5.41) is 15.3. The summed E-state index contributed by atoms with van der Waals surface area (Å²) in [7, 11) is 1.56. The first kappa shape index (κ1) is 9.21. The van der Waals surface area contributed by atoms with E-state index in [9.17, 15) is 4.79 Å². The van der Waals surface area contributed by atoms with E-state index in [-0.39, 0.29) is 5.91 Å². The molecule has 0 saturated carbocycles. The van der Waals surface area contributed by atoms with E-state index in [4.69, 9.17) is 5.26 Å². The minimum Gasteiger partial charge on any atom is -0.355 e. The molecule has 0 unspecified atom stereocenters. The van der Waals surface area contributed by atoms with Crippen LogP contribution in [0.3, 0.4) is 0 Å². The van der Waals surface area contributed by atoms with Crippen molar-refractivity contribution in [2.75, 3.05) is 7.05 Å². The normalized spacial score (nSPS) is 9.87. The molecule has 5 nitrogen and oxygen atoms in total. The molecule has 2 aromatic heterocycles. The zero-order valence-electron chi connectivity index (χ0n) is 8.06. The van der Waals surface area contributed by atoms with E-state index in [1.807, 2.05) is 6.07 Å². The Bertz CT molecular complexity index is 564. The topological polar surface area (TPSA) is 70.2 Å². The molecule has 1 amide bonds. The molecule has 2 heterocycles. The number of aromatic nitrogens is 2. The number of carbonyl (C=O) groups is 1. The number of nitrogens with one attached hydrogen (secondary N) is 1. The van der Waals surface area contributed by atoms with Crippen molar-refractivity contribution < 1.29 is 4.79 Å². The number of nitrogens with zero attached hydrogens (tertiary/aromatic N) is 3. The standard InChI is InChI=1S/C10H8N4O/c1-12-10(15)8-6-13-14-3-2-7(5-11)4-9(8)14/h2-4,6H,1H3,(H,12,15). The SMILES string of the molecule is CNC(=O)c1cnn2ccc(C#N)cc12. The molecule has 15 heavy (non-hydrogen) atoms. The van der Waals surface area contributed by atoms with Gasteiger partial charge in [-0.3, -0.25) is 4.79 Å². The Labute approximate surface area is 85.9 Å². The van der Waals surface area contributed by atoms with E-state index in [1.165, 1.54) is 6.20 Å². The summed E-state index contributed by atoms with van der Waals surface area (Å²) in [6.45, 7) is 0. The highest BCUT2D eigenvalue weighted by atomic mass is 16.1. The average Bonchev–Trinajstić information content (AvgIpc) is 2.70. The van der Waals surface area contributed by atoms with Crippen LogP contribution in [0.25, 0.3) is 5.52 Å².